The minimum absolute atomic E-state index is 0.0931. The molecule has 156 valence electrons. The van der Waals surface area contributed by atoms with E-state index in [-0.39, 0.29) is 11.2 Å². The number of anilines is 1. The number of nitrogens with one attached hydrogen (secondary N) is 1. The second-order valence-electron chi connectivity index (χ2n) is 6.74. The maximum atomic E-state index is 13.0. The fourth-order valence-corrected chi connectivity index (χ4v) is 4.36. The van der Waals surface area contributed by atoms with Gasteiger partial charge in [-0.25, -0.2) is 0 Å². The van der Waals surface area contributed by atoms with Crippen molar-refractivity contribution in [3.8, 4) is 5.75 Å². The van der Waals surface area contributed by atoms with Gasteiger partial charge in [-0.1, -0.05) is 37.7 Å². The normalized spacial score (nSPS) is 12.4. The number of para-hydroxylation sites is 2. The summed E-state index contributed by atoms with van der Waals surface area (Å²) in [6, 6.07) is 11.3. The number of furan rings is 1. The van der Waals surface area contributed by atoms with Crippen molar-refractivity contribution in [2.45, 2.75) is 43.9 Å². The molecule has 1 N–H and O–H groups in total. The average Bonchev–Trinajstić information content (AvgIpc) is 3.35. The van der Waals surface area contributed by atoms with E-state index >= 15 is 0 Å². The first-order chi connectivity index (χ1) is 14.7. The first kappa shape index (κ1) is 20.3. The van der Waals surface area contributed by atoms with E-state index in [2.05, 4.69) is 19.9 Å². The van der Waals surface area contributed by atoms with Crippen molar-refractivity contribution in [1.29, 1.82) is 0 Å². The van der Waals surface area contributed by atoms with Gasteiger partial charge in [0.1, 0.15) is 16.6 Å². The number of rotatable bonds is 8. The minimum Gasteiger partial charge on any atom is -0.492 e. The maximum Gasteiger partial charge on any atom is 0.238 e. The zero-order valence-corrected chi connectivity index (χ0v) is 18.0. The Hall–Kier alpha value is -3.00. The maximum absolute atomic E-state index is 13.0. The molecule has 0 spiro atoms. The molecule has 0 saturated carbocycles. The Labute approximate surface area is 178 Å². The lowest BCUT2D eigenvalue weighted by atomic mass is 10.2. The van der Waals surface area contributed by atoms with Crippen LogP contribution in [0.25, 0.3) is 16.6 Å². The number of amides is 1. The molecule has 0 unspecified atom stereocenters. The number of aromatic nitrogens is 3. The molecule has 0 radical (unpaired) electrons. The number of ether oxygens (including phenoxy) is 1. The lowest BCUT2D eigenvalue weighted by Crippen LogP contribution is -2.25. The van der Waals surface area contributed by atoms with Crippen LogP contribution in [0.3, 0.4) is 0 Å². The van der Waals surface area contributed by atoms with Crippen molar-refractivity contribution in [3.63, 3.8) is 0 Å². The van der Waals surface area contributed by atoms with E-state index < -0.39 is 0 Å². The van der Waals surface area contributed by atoms with Gasteiger partial charge in [-0.05, 0) is 25.5 Å². The number of thioether (sulfide) groups is 1. The number of aryl methyl sites for hydroxylation is 1. The average molecular weight is 425 g/mol. The van der Waals surface area contributed by atoms with Crippen LogP contribution in [0.4, 0.5) is 5.69 Å². The van der Waals surface area contributed by atoms with Gasteiger partial charge in [-0.3, -0.25) is 9.20 Å². The van der Waals surface area contributed by atoms with Crippen molar-refractivity contribution in [3.05, 3.63) is 48.5 Å². The SMILES string of the molecule is CCOc1ccccc1NC(=O)[C@H](CC)Sc1nnc(CC)n2c1cc1occc12. The van der Waals surface area contributed by atoms with Crippen molar-refractivity contribution < 1.29 is 13.9 Å². The van der Waals surface area contributed by atoms with Gasteiger partial charge in [0.2, 0.25) is 5.91 Å². The van der Waals surface area contributed by atoms with Crippen LogP contribution in [0.15, 0.2) is 52.1 Å². The van der Waals surface area contributed by atoms with E-state index in [4.69, 9.17) is 9.15 Å². The summed E-state index contributed by atoms with van der Waals surface area (Å²) < 4.78 is 13.3. The molecule has 0 saturated heterocycles. The molecule has 3 heterocycles. The molecule has 3 aromatic heterocycles. The number of carbonyl (C=O) groups is 1. The van der Waals surface area contributed by atoms with Gasteiger partial charge in [0, 0.05) is 18.6 Å². The van der Waals surface area contributed by atoms with Crippen LogP contribution >= 0.6 is 11.8 Å². The van der Waals surface area contributed by atoms with Crippen LogP contribution in [0.1, 0.15) is 33.0 Å². The highest BCUT2D eigenvalue weighted by atomic mass is 32.2. The van der Waals surface area contributed by atoms with Gasteiger partial charge < -0.3 is 14.5 Å². The van der Waals surface area contributed by atoms with Crippen molar-refractivity contribution in [2.75, 3.05) is 11.9 Å². The topological polar surface area (TPSA) is 81.7 Å². The second-order valence-corrected chi connectivity index (χ2v) is 7.93. The molecule has 1 aromatic carbocycles. The highest BCUT2D eigenvalue weighted by molar-refractivity contribution is 8.00. The molecule has 0 bridgehead atoms. The van der Waals surface area contributed by atoms with E-state index in [0.717, 1.165) is 28.9 Å². The predicted molar refractivity (Wildman–Crippen MR) is 118 cm³/mol. The Kier molecular flexibility index (Phi) is 5.94. The number of hydrogen-bond donors (Lipinski definition) is 1. The molecule has 0 aliphatic heterocycles. The van der Waals surface area contributed by atoms with Crippen LogP contribution in [0.2, 0.25) is 0 Å². The fourth-order valence-electron chi connectivity index (χ4n) is 3.39. The molecular formula is C22H24N4O3S. The molecule has 0 aliphatic rings. The van der Waals surface area contributed by atoms with Gasteiger partial charge >= 0.3 is 0 Å². The van der Waals surface area contributed by atoms with Gasteiger partial charge in [-0.15, -0.1) is 10.2 Å². The molecule has 4 rings (SSSR count). The number of carbonyl (C=O) groups excluding carboxylic acids is 1. The Bertz CT molecular complexity index is 1180. The van der Waals surface area contributed by atoms with Crippen LogP contribution in [-0.4, -0.2) is 32.4 Å². The highest BCUT2D eigenvalue weighted by Gasteiger charge is 2.23. The summed E-state index contributed by atoms with van der Waals surface area (Å²) in [7, 11) is 0. The zero-order chi connectivity index (χ0) is 21.1. The lowest BCUT2D eigenvalue weighted by molar-refractivity contribution is -0.115. The number of hydrogen-bond acceptors (Lipinski definition) is 6. The van der Waals surface area contributed by atoms with Gasteiger partial charge in [0.15, 0.2) is 5.58 Å². The summed E-state index contributed by atoms with van der Waals surface area (Å²) in [6.45, 7) is 6.48. The van der Waals surface area contributed by atoms with Gasteiger partial charge in [0.25, 0.3) is 0 Å². The largest absolute Gasteiger partial charge is 0.492 e. The van der Waals surface area contributed by atoms with Crippen molar-refractivity contribution in [2.24, 2.45) is 0 Å². The number of nitrogens with zero attached hydrogens (tertiary/aromatic N) is 3. The molecule has 1 atom stereocenters. The Morgan fingerprint density at radius 2 is 2.03 bits per heavy atom. The zero-order valence-electron chi connectivity index (χ0n) is 17.2. The molecule has 30 heavy (non-hydrogen) atoms. The third kappa shape index (κ3) is 3.75. The van der Waals surface area contributed by atoms with E-state index in [9.17, 15) is 4.79 Å². The van der Waals surface area contributed by atoms with Gasteiger partial charge in [0.05, 0.1) is 34.8 Å². The predicted octanol–water partition coefficient (Wildman–Crippen LogP) is 4.95. The van der Waals surface area contributed by atoms with Crippen LogP contribution < -0.4 is 10.1 Å². The van der Waals surface area contributed by atoms with E-state index in [0.29, 0.717) is 29.5 Å². The fraction of sp³-hybridized carbons (Fsp3) is 0.318. The summed E-state index contributed by atoms with van der Waals surface area (Å²) >= 11 is 1.41. The molecule has 0 aliphatic carbocycles. The van der Waals surface area contributed by atoms with Crippen molar-refractivity contribution in [1.82, 2.24) is 14.6 Å². The van der Waals surface area contributed by atoms with Crippen LogP contribution in [0, 0.1) is 0 Å². The summed E-state index contributed by atoms with van der Waals surface area (Å²) in [5.41, 5.74) is 3.31. The Morgan fingerprint density at radius 1 is 1.20 bits per heavy atom. The summed E-state index contributed by atoms with van der Waals surface area (Å²) in [5, 5.41) is 12.2. The third-order valence-corrected chi connectivity index (χ3v) is 6.18. The minimum atomic E-state index is -0.327. The Balaban J connectivity index is 1.62. The number of fused-ring (bicyclic) bond motifs is 3. The van der Waals surface area contributed by atoms with Crippen molar-refractivity contribution >= 4 is 40.0 Å². The molecule has 1 amide bonds. The Morgan fingerprint density at radius 3 is 2.80 bits per heavy atom. The smallest absolute Gasteiger partial charge is 0.238 e. The highest BCUT2D eigenvalue weighted by Crippen LogP contribution is 2.33. The molecule has 7 nitrogen and oxygen atoms in total. The molecule has 8 heteroatoms. The molecule has 4 aromatic rings. The summed E-state index contributed by atoms with van der Waals surface area (Å²) in [4.78, 5) is 13.0. The first-order valence-electron chi connectivity index (χ1n) is 10.1. The van der Waals surface area contributed by atoms with Crippen LogP contribution in [0.5, 0.6) is 5.75 Å². The van der Waals surface area contributed by atoms with E-state index in [1.807, 2.05) is 57.2 Å². The van der Waals surface area contributed by atoms with E-state index in [1.54, 1.807) is 6.26 Å². The van der Waals surface area contributed by atoms with E-state index in [1.165, 1.54) is 11.8 Å². The van der Waals surface area contributed by atoms with Crippen LogP contribution in [-0.2, 0) is 11.2 Å². The number of benzene rings is 1. The summed E-state index contributed by atoms with van der Waals surface area (Å²) in [6.07, 6.45) is 3.06. The summed E-state index contributed by atoms with van der Waals surface area (Å²) in [5.74, 6) is 1.42. The standard InChI is InChI=1S/C22H24N4O3S/c1-4-19(21(27)23-14-9-7-8-10-17(14)28-6-3)30-22-16-13-18-15(11-12-29-18)26(16)20(5-2)24-25-22/h7-13,19H,4-6H2,1-3H3,(H,23,27)/t19-/m0/s1. The van der Waals surface area contributed by atoms with Gasteiger partial charge in [-0.2, -0.15) is 0 Å². The molecular weight excluding hydrogens is 400 g/mol. The quantitative estimate of drug-likeness (QED) is 0.403. The molecule has 0 fully saturated rings. The first-order valence-corrected chi connectivity index (χ1v) is 11.0. The second kappa shape index (κ2) is 8.79. The lowest BCUT2D eigenvalue weighted by Gasteiger charge is -2.17. The monoisotopic (exact) mass is 424 g/mol. The third-order valence-electron chi connectivity index (χ3n) is 4.83.